The molecular formula is C12H15ClN2O3. The largest absolute Gasteiger partial charge is 0.496 e. The molecule has 1 aromatic rings. The van der Waals surface area contributed by atoms with E-state index >= 15 is 0 Å². The fourth-order valence-corrected chi connectivity index (χ4v) is 1.63. The van der Waals surface area contributed by atoms with E-state index in [1.807, 2.05) is 0 Å². The van der Waals surface area contributed by atoms with E-state index in [1.165, 1.54) is 31.1 Å². The average Bonchev–Trinajstić information content (AvgIpc) is 2.29. The first kappa shape index (κ1) is 14.3. The number of rotatable bonds is 3. The van der Waals surface area contributed by atoms with Crippen LogP contribution in [0.3, 0.4) is 0 Å². The van der Waals surface area contributed by atoms with Crippen molar-refractivity contribution in [2.45, 2.75) is 6.92 Å². The number of halogens is 1. The summed E-state index contributed by atoms with van der Waals surface area (Å²) in [6, 6.07) is 3.01. The summed E-state index contributed by atoms with van der Waals surface area (Å²) in [5.41, 5.74) is 0.762. The predicted octanol–water partition coefficient (Wildman–Crippen LogP) is 2.01. The Balaban J connectivity index is 3.26. The zero-order valence-electron chi connectivity index (χ0n) is 10.7. The van der Waals surface area contributed by atoms with E-state index in [-0.39, 0.29) is 16.8 Å². The van der Waals surface area contributed by atoms with E-state index in [1.54, 1.807) is 14.1 Å². The number of methoxy groups -OCH3 is 1. The van der Waals surface area contributed by atoms with Crippen LogP contribution < -0.4 is 10.1 Å². The van der Waals surface area contributed by atoms with Crippen molar-refractivity contribution in [3.63, 3.8) is 0 Å². The highest BCUT2D eigenvalue weighted by atomic mass is 35.5. The normalized spacial score (nSPS) is 9.83. The molecule has 6 heteroatoms. The Bertz CT molecular complexity index is 486. The molecule has 5 nitrogen and oxygen atoms in total. The van der Waals surface area contributed by atoms with Crippen LogP contribution in [0.25, 0.3) is 0 Å². The summed E-state index contributed by atoms with van der Waals surface area (Å²) in [4.78, 5) is 24.3. The third-order valence-corrected chi connectivity index (χ3v) is 2.55. The van der Waals surface area contributed by atoms with Crippen molar-refractivity contribution >= 4 is 29.1 Å². The highest BCUT2D eigenvalue weighted by molar-refractivity contribution is 6.34. The molecule has 0 unspecified atom stereocenters. The molecule has 0 spiro atoms. The Kier molecular flexibility index (Phi) is 4.55. The molecule has 0 aliphatic carbocycles. The zero-order valence-corrected chi connectivity index (χ0v) is 11.5. The van der Waals surface area contributed by atoms with Gasteiger partial charge in [0.15, 0.2) is 0 Å². The Labute approximate surface area is 111 Å². The van der Waals surface area contributed by atoms with Gasteiger partial charge in [-0.15, -0.1) is 0 Å². The summed E-state index contributed by atoms with van der Waals surface area (Å²) in [5, 5.41) is 2.86. The van der Waals surface area contributed by atoms with Gasteiger partial charge in [0.1, 0.15) is 5.75 Å². The molecule has 0 radical (unpaired) electrons. The maximum absolute atomic E-state index is 11.9. The second-order valence-electron chi connectivity index (χ2n) is 3.91. The van der Waals surface area contributed by atoms with Crippen LogP contribution in [0.5, 0.6) is 5.75 Å². The number of nitrogens with one attached hydrogen (secondary N) is 1. The first-order chi connectivity index (χ1) is 8.36. The smallest absolute Gasteiger partial charge is 0.257 e. The lowest BCUT2D eigenvalue weighted by molar-refractivity contribution is -0.114. The lowest BCUT2D eigenvalue weighted by Crippen LogP contribution is -2.22. The Morgan fingerprint density at radius 3 is 2.39 bits per heavy atom. The molecule has 0 aliphatic rings. The number of hydrogen-bond acceptors (Lipinski definition) is 3. The van der Waals surface area contributed by atoms with Gasteiger partial charge in [0.2, 0.25) is 5.91 Å². The van der Waals surface area contributed by atoms with Gasteiger partial charge in [0.05, 0.1) is 23.4 Å². The van der Waals surface area contributed by atoms with Crippen LogP contribution in [0.15, 0.2) is 12.1 Å². The third-order valence-electron chi connectivity index (χ3n) is 2.24. The summed E-state index contributed by atoms with van der Waals surface area (Å²) in [7, 11) is 4.72. The lowest BCUT2D eigenvalue weighted by Gasteiger charge is -2.15. The minimum atomic E-state index is -0.245. The first-order valence-electron chi connectivity index (χ1n) is 5.23. The summed E-state index contributed by atoms with van der Waals surface area (Å²) in [5.74, 6) is -0.101. The minimum absolute atomic E-state index is 0.219. The fraction of sp³-hybridized carbons (Fsp3) is 0.333. The van der Waals surface area contributed by atoms with Gasteiger partial charge in [-0.2, -0.15) is 0 Å². The van der Waals surface area contributed by atoms with Crippen molar-refractivity contribution in [1.82, 2.24) is 4.90 Å². The van der Waals surface area contributed by atoms with Gasteiger partial charge in [-0.25, -0.2) is 0 Å². The molecule has 1 aromatic carbocycles. The van der Waals surface area contributed by atoms with Gasteiger partial charge in [0.25, 0.3) is 5.91 Å². The van der Waals surface area contributed by atoms with Crippen molar-refractivity contribution in [2.75, 3.05) is 26.5 Å². The van der Waals surface area contributed by atoms with Crippen LogP contribution in [0, 0.1) is 0 Å². The van der Waals surface area contributed by atoms with Gasteiger partial charge in [0, 0.05) is 27.1 Å². The quantitative estimate of drug-likeness (QED) is 0.914. The van der Waals surface area contributed by atoms with Crippen molar-refractivity contribution in [3.05, 3.63) is 22.7 Å². The predicted molar refractivity (Wildman–Crippen MR) is 70.3 cm³/mol. The van der Waals surface area contributed by atoms with Crippen LogP contribution in [0.4, 0.5) is 5.69 Å². The Morgan fingerprint density at radius 2 is 1.94 bits per heavy atom. The lowest BCUT2D eigenvalue weighted by atomic mass is 10.1. The number of benzene rings is 1. The van der Waals surface area contributed by atoms with Crippen molar-refractivity contribution in [1.29, 1.82) is 0 Å². The number of carbonyl (C=O) groups is 2. The van der Waals surface area contributed by atoms with Crippen LogP contribution in [-0.2, 0) is 4.79 Å². The van der Waals surface area contributed by atoms with Crippen LogP contribution in [-0.4, -0.2) is 37.9 Å². The second-order valence-corrected chi connectivity index (χ2v) is 4.32. The van der Waals surface area contributed by atoms with E-state index in [9.17, 15) is 9.59 Å². The number of carbonyl (C=O) groups excluding carboxylic acids is 2. The van der Waals surface area contributed by atoms with Crippen LogP contribution in [0.1, 0.15) is 17.3 Å². The second kappa shape index (κ2) is 5.73. The highest BCUT2D eigenvalue weighted by Crippen LogP contribution is 2.31. The van der Waals surface area contributed by atoms with Gasteiger partial charge in [-0.3, -0.25) is 9.59 Å². The molecular weight excluding hydrogens is 256 g/mol. The van der Waals surface area contributed by atoms with E-state index in [0.717, 1.165) is 0 Å². The molecule has 0 atom stereocenters. The molecule has 18 heavy (non-hydrogen) atoms. The van der Waals surface area contributed by atoms with Crippen molar-refractivity contribution in [2.24, 2.45) is 0 Å². The highest BCUT2D eigenvalue weighted by Gasteiger charge is 2.17. The number of anilines is 1. The molecule has 2 amide bonds. The standard InChI is InChI=1S/C12H15ClN2O3/c1-7(16)14-10-6-11(18-4)8(5-9(10)13)12(17)15(2)3/h5-6H,1-4H3,(H,14,16). The average molecular weight is 271 g/mol. The summed E-state index contributed by atoms with van der Waals surface area (Å²) < 4.78 is 5.14. The molecule has 0 aliphatic heterocycles. The fourth-order valence-electron chi connectivity index (χ4n) is 1.42. The molecule has 0 saturated carbocycles. The SMILES string of the molecule is COc1cc(NC(C)=O)c(Cl)cc1C(=O)N(C)C. The number of amides is 2. The number of ether oxygens (including phenoxy) is 1. The Hall–Kier alpha value is -1.75. The van der Waals surface area contributed by atoms with Crippen molar-refractivity contribution in [3.8, 4) is 5.75 Å². The molecule has 0 saturated heterocycles. The summed E-state index contributed by atoms with van der Waals surface area (Å²) in [6.45, 7) is 1.38. The zero-order chi connectivity index (χ0) is 13.9. The molecule has 0 fully saturated rings. The van der Waals surface area contributed by atoms with E-state index in [2.05, 4.69) is 5.32 Å². The third kappa shape index (κ3) is 3.13. The van der Waals surface area contributed by atoms with E-state index < -0.39 is 0 Å². The van der Waals surface area contributed by atoms with Gasteiger partial charge in [-0.05, 0) is 6.07 Å². The molecule has 1 N–H and O–H groups in total. The Morgan fingerprint density at radius 1 is 1.33 bits per heavy atom. The van der Waals surface area contributed by atoms with Crippen LogP contribution >= 0.6 is 11.6 Å². The van der Waals surface area contributed by atoms with Gasteiger partial charge in [-0.1, -0.05) is 11.6 Å². The molecule has 0 bridgehead atoms. The monoisotopic (exact) mass is 270 g/mol. The maximum Gasteiger partial charge on any atom is 0.257 e. The molecule has 1 rings (SSSR count). The maximum atomic E-state index is 11.9. The van der Waals surface area contributed by atoms with Crippen LogP contribution in [0.2, 0.25) is 5.02 Å². The van der Waals surface area contributed by atoms with Gasteiger partial charge < -0.3 is 15.0 Å². The van der Waals surface area contributed by atoms with E-state index in [0.29, 0.717) is 17.0 Å². The molecule has 0 aromatic heterocycles. The van der Waals surface area contributed by atoms with Crippen molar-refractivity contribution < 1.29 is 14.3 Å². The van der Waals surface area contributed by atoms with Gasteiger partial charge >= 0.3 is 0 Å². The molecule has 98 valence electrons. The summed E-state index contributed by atoms with van der Waals surface area (Å²) in [6.07, 6.45) is 0. The number of nitrogens with zero attached hydrogens (tertiary/aromatic N) is 1. The minimum Gasteiger partial charge on any atom is -0.496 e. The first-order valence-corrected chi connectivity index (χ1v) is 5.61. The number of hydrogen-bond donors (Lipinski definition) is 1. The van der Waals surface area contributed by atoms with E-state index in [4.69, 9.17) is 16.3 Å². The molecule has 0 heterocycles. The topological polar surface area (TPSA) is 58.6 Å². The summed E-state index contributed by atoms with van der Waals surface area (Å²) >= 11 is 6.01.